The fraction of sp³-hybridized carbons (Fsp3) is 1.00. The van der Waals surface area contributed by atoms with Crippen LogP contribution in [0.3, 0.4) is 0 Å². The average Bonchev–Trinajstić information content (AvgIpc) is 2.69. The molecule has 0 amide bonds. The van der Waals surface area contributed by atoms with Gasteiger partial charge in [-0.2, -0.15) is 0 Å². The van der Waals surface area contributed by atoms with Crippen molar-refractivity contribution in [3.63, 3.8) is 0 Å². The minimum absolute atomic E-state index is 0.103. The largest absolute Gasteiger partial charge is 0.379 e. The molecule has 0 bridgehead atoms. The summed E-state index contributed by atoms with van der Waals surface area (Å²) in [5, 5.41) is 0. The Hall–Kier alpha value is -0.120. The average molecular weight is 256 g/mol. The van der Waals surface area contributed by atoms with Gasteiger partial charge in [0.2, 0.25) is 0 Å². The molecule has 1 aliphatic rings. The summed E-state index contributed by atoms with van der Waals surface area (Å²) < 4.78 is 5.46. The first-order valence-electron chi connectivity index (χ1n) is 7.50. The molecule has 1 fully saturated rings. The summed E-state index contributed by atoms with van der Waals surface area (Å²) in [6.07, 6.45) is 3.52. The molecular formula is C15H32N2O. The van der Waals surface area contributed by atoms with Gasteiger partial charge in [-0.15, -0.1) is 0 Å². The molecule has 0 spiro atoms. The summed E-state index contributed by atoms with van der Waals surface area (Å²) in [5.41, 5.74) is 6.30. The zero-order valence-corrected chi connectivity index (χ0v) is 12.7. The lowest BCUT2D eigenvalue weighted by Crippen LogP contribution is -2.51. The number of hydrogen-bond acceptors (Lipinski definition) is 3. The summed E-state index contributed by atoms with van der Waals surface area (Å²) in [4.78, 5) is 2.55. The van der Waals surface area contributed by atoms with Crippen LogP contribution in [0.1, 0.15) is 47.0 Å². The van der Waals surface area contributed by atoms with E-state index >= 15 is 0 Å². The fourth-order valence-electron chi connectivity index (χ4n) is 2.34. The Morgan fingerprint density at radius 2 is 1.67 bits per heavy atom. The molecule has 3 nitrogen and oxygen atoms in total. The summed E-state index contributed by atoms with van der Waals surface area (Å²) >= 11 is 0. The van der Waals surface area contributed by atoms with E-state index in [0.29, 0.717) is 0 Å². The van der Waals surface area contributed by atoms with Gasteiger partial charge in [0.25, 0.3) is 0 Å². The van der Waals surface area contributed by atoms with E-state index in [1.165, 1.54) is 25.9 Å². The molecule has 0 saturated carbocycles. The van der Waals surface area contributed by atoms with Gasteiger partial charge in [0.15, 0.2) is 0 Å². The van der Waals surface area contributed by atoms with Crippen LogP contribution in [0.2, 0.25) is 0 Å². The number of nitrogens with two attached hydrogens (primary N) is 1. The van der Waals surface area contributed by atoms with Crippen molar-refractivity contribution in [1.29, 1.82) is 0 Å². The van der Waals surface area contributed by atoms with E-state index in [0.717, 1.165) is 38.0 Å². The monoisotopic (exact) mass is 256 g/mol. The predicted molar refractivity (Wildman–Crippen MR) is 77.7 cm³/mol. The molecule has 1 aliphatic heterocycles. The van der Waals surface area contributed by atoms with E-state index in [1.807, 2.05) is 0 Å². The molecule has 1 rings (SSSR count). The highest BCUT2D eigenvalue weighted by molar-refractivity contribution is 4.91. The predicted octanol–water partition coefficient (Wildman–Crippen LogP) is 2.50. The summed E-state index contributed by atoms with van der Waals surface area (Å²) in [6, 6.07) is 0. The normalized spacial score (nSPS) is 24.7. The van der Waals surface area contributed by atoms with Crippen LogP contribution >= 0.6 is 0 Å². The lowest BCUT2D eigenvalue weighted by molar-refractivity contribution is 0.147. The Morgan fingerprint density at radius 1 is 1.11 bits per heavy atom. The van der Waals surface area contributed by atoms with Crippen LogP contribution < -0.4 is 5.73 Å². The Kier molecular flexibility index (Phi) is 6.61. The molecule has 1 heterocycles. The third-order valence-electron chi connectivity index (χ3n) is 3.72. The van der Waals surface area contributed by atoms with Crippen molar-refractivity contribution in [2.24, 2.45) is 17.6 Å². The van der Waals surface area contributed by atoms with Crippen LogP contribution in [0.15, 0.2) is 0 Å². The summed E-state index contributed by atoms with van der Waals surface area (Å²) in [6.45, 7) is 14.1. The van der Waals surface area contributed by atoms with Crippen LogP contribution in [0.4, 0.5) is 0 Å². The van der Waals surface area contributed by atoms with Gasteiger partial charge in [-0.05, 0) is 44.2 Å². The van der Waals surface area contributed by atoms with Crippen molar-refractivity contribution in [2.75, 3.05) is 32.8 Å². The van der Waals surface area contributed by atoms with Gasteiger partial charge < -0.3 is 15.4 Å². The maximum Gasteiger partial charge on any atom is 0.0659 e. The molecule has 18 heavy (non-hydrogen) atoms. The van der Waals surface area contributed by atoms with E-state index in [2.05, 4.69) is 32.6 Å². The fourth-order valence-corrected chi connectivity index (χ4v) is 2.34. The molecule has 0 aromatic heterocycles. The zero-order valence-electron chi connectivity index (χ0n) is 12.7. The number of hydrogen-bond donors (Lipinski definition) is 1. The van der Waals surface area contributed by atoms with Crippen LogP contribution in [-0.4, -0.2) is 43.3 Å². The Morgan fingerprint density at radius 3 is 2.06 bits per heavy atom. The van der Waals surface area contributed by atoms with Crippen molar-refractivity contribution in [3.8, 4) is 0 Å². The highest BCUT2D eigenvalue weighted by Gasteiger charge is 2.32. The second-order valence-corrected chi connectivity index (χ2v) is 6.81. The van der Waals surface area contributed by atoms with Crippen LogP contribution in [0.25, 0.3) is 0 Å². The highest BCUT2D eigenvalue weighted by Crippen LogP contribution is 2.18. The van der Waals surface area contributed by atoms with E-state index in [4.69, 9.17) is 10.5 Å². The second kappa shape index (κ2) is 7.46. The Labute approximate surface area is 113 Å². The number of nitrogens with zero attached hydrogens (tertiary/aromatic N) is 1. The molecule has 0 aromatic rings. The standard InChI is InChI=1S/C15H32N2O/c1-13(2)5-8-17(9-6-14(3)4)11-15(16)7-10-18-12-15/h13-14H,5-12,16H2,1-4H3. The topological polar surface area (TPSA) is 38.5 Å². The van der Waals surface area contributed by atoms with Gasteiger partial charge in [0, 0.05) is 13.2 Å². The molecule has 3 heteroatoms. The third kappa shape index (κ3) is 6.17. The molecule has 0 aliphatic carbocycles. The van der Waals surface area contributed by atoms with Gasteiger partial charge in [-0.3, -0.25) is 0 Å². The van der Waals surface area contributed by atoms with Crippen molar-refractivity contribution in [2.45, 2.75) is 52.5 Å². The molecule has 1 saturated heterocycles. The molecule has 0 radical (unpaired) electrons. The second-order valence-electron chi connectivity index (χ2n) is 6.81. The van der Waals surface area contributed by atoms with Gasteiger partial charge in [0.1, 0.15) is 0 Å². The molecule has 2 N–H and O–H groups in total. The third-order valence-corrected chi connectivity index (χ3v) is 3.72. The SMILES string of the molecule is CC(C)CCN(CCC(C)C)CC1(N)CCOC1. The van der Waals surface area contributed by atoms with Gasteiger partial charge in [0.05, 0.1) is 12.1 Å². The van der Waals surface area contributed by atoms with Crippen molar-refractivity contribution in [1.82, 2.24) is 4.90 Å². The minimum Gasteiger partial charge on any atom is -0.379 e. The minimum atomic E-state index is -0.103. The highest BCUT2D eigenvalue weighted by atomic mass is 16.5. The summed E-state index contributed by atoms with van der Waals surface area (Å²) in [5.74, 6) is 1.53. The maximum atomic E-state index is 6.41. The smallest absolute Gasteiger partial charge is 0.0659 e. The molecule has 1 unspecified atom stereocenters. The number of rotatable bonds is 8. The van der Waals surface area contributed by atoms with E-state index in [9.17, 15) is 0 Å². The molecule has 0 aromatic carbocycles. The maximum absolute atomic E-state index is 6.41. The molecular weight excluding hydrogens is 224 g/mol. The Balaban J connectivity index is 2.42. The van der Waals surface area contributed by atoms with Crippen molar-refractivity contribution < 1.29 is 4.74 Å². The van der Waals surface area contributed by atoms with Crippen LogP contribution in [0.5, 0.6) is 0 Å². The first kappa shape index (κ1) is 15.9. The summed E-state index contributed by atoms with van der Waals surface area (Å²) in [7, 11) is 0. The van der Waals surface area contributed by atoms with E-state index < -0.39 is 0 Å². The quantitative estimate of drug-likeness (QED) is 0.725. The molecule has 1 atom stereocenters. The Bertz CT molecular complexity index is 211. The zero-order chi connectivity index (χ0) is 13.6. The van der Waals surface area contributed by atoms with Crippen LogP contribution in [0, 0.1) is 11.8 Å². The molecule has 108 valence electrons. The van der Waals surface area contributed by atoms with Crippen LogP contribution in [-0.2, 0) is 4.74 Å². The lowest BCUT2D eigenvalue weighted by atomic mass is 9.98. The van der Waals surface area contributed by atoms with E-state index in [-0.39, 0.29) is 5.54 Å². The first-order chi connectivity index (χ1) is 8.41. The van der Waals surface area contributed by atoms with Gasteiger partial charge in [-0.25, -0.2) is 0 Å². The van der Waals surface area contributed by atoms with Crippen molar-refractivity contribution >= 4 is 0 Å². The number of ether oxygens (including phenoxy) is 1. The first-order valence-corrected chi connectivity index (χ1v) is 7.50. The van der Waals surface area contributed by atoms with Gasteiger partial charge >= 0.3 is 0 Å². The van der Waals surface area contributed by atoms with Crippen molar-refractivity contribution in [3.05, 3.63) is 0 Å². The lowest BCUT2D eigenvalue weighted by Gasteiger charge is -2.32. The van der Waals surface area contributed by atoms with E-state index in [1.54, 1.807) is 0 Å². The van der Waals surface area contributed by atoms with Gasteiger partial charge in [-0.1, -0.05) is 27.7 Å².